The molecule has 0 fully saturated rings. The van der Waals surface area contributed by atoms with E-state index >= 15 is 0 Å². The Labute approximate surface area is 85.9 Å². The third-order valence-corrected chi connectivity index (χ3v) is 1.51. The molecule has 82 valence electrons. The molecule has 4 nitrogen and oxygen atoms in total. The van der Waals surface area contributed by atoms with Crippen LogP contribution in [0, 0.1) is 11.8 Å². The fraction of sp³-hybridized carbons (Fsp3) is 0.800. The fourth-order valence-electron chi connectivity index (χ4n) is 0.830. The van der Waals surface area contributed by atoms with Gasteiger partial charge in [-0.15, -0.1) is 11.8 Å². The third-order valence-electron chi connectivity index (χ3n) is 1.51. The standard InChI is InChI=1S/C10H20N2O2/c1-2-3-4-10(12)9-14-8-7-13-6-5-11/h10H,4-9,11-12H2,1H3. The summed E-state index contributed by atoms with van der Waals surface area (Å²) in [5.74, 6) is 5.70. The van der Waals surface area contributed by atoms with Crippen molar-refractivity contribution < 1.29 is 9.47 Å². The summed E-state index contributed by atoms with van der Waals surface area (Å²) in [5, 5.41) is 0. The van der Waals surface area contributed by atoms with Gasteiger partial charge in [0, 0.05) is 19.0 Å². The molecule has 14 heavy (non-hydrogen) atoms. The van der Waals surface area contributed by atoms with Gasteiger partial charge in [0.25, 0.3) is 0 Å². The van der Waals surface area contributed by atoms with Crippen molar-refractivity contribution in [3.63, 3.8) is 0 Å². The number of nitrogens with two attached hydrogens (primary N) is 2. The van der Waals surface area contributed by atoms with Gasteiger partial charge in [-0.25, -0.2) is 0 Å². The molecule has 4 N–H and O–H groups in total. The second kappa shape index (κ2) is 10.5. The van der Waals surface area contributed by atoms with Crippen LogP contribution in [0.3, 0.4) is 0 Å². The molecule has 0 rings (SSSR count). The summed E-state index contributed by atoms with van der Waals surface area (Å²) in [6.45, 7) is 4.59. The van der Waals surface area contributed by atoms with Crippen LogP contribution in [0.2, 0.25) is 0 Å². The van der Waals surface area contributed by atoms with Gasteiger partial charge in [-0.2, -0.15) is 0 Å². The van der Waals surface area contributed by atoms with E-state index in [-0.39, 0.29) is 6.04 Å². The zero-order valence-electron chi connectivity index (χ0n) is 8.79. The quantitative estimate of drug-likeness (QED) is 0.417. The molecule has 0 saturated heterocycles. The van der Waals surface area contributed by atoms with E-state index in [1.807, 2.05) is 0 Å². The van der Waals surface area contributed by atoms with Gasteiger partial charge >= 0.3 is 0 Å². The highest BCUT2D eigenvalue weighted by Gasteiger charge is 1.99. The molecule has 0 aliphatic heterocycles. The minimum atomic E-state index is -0.00282. The van der Waals surface area contributed by atoms with E-state index in [4.69, 9.17) is 20.9 Å². The molecule has 0 aromatic rings. The van der Waals surface area contributed by atoms with Crippen molar-refractivity contribution in [3.05, 3.63) is 0 Å². The largest absolute Gasteiger partial charge is 0.378 e. The predicted octanol–water partition coefficient (Wildman–Crippen LogP) is -0.281. The highest BCUT2D eigenvalue weighted by molar-refractivity contribution is 4.97. The van der Waals surface area contributed by atoms with Crippen molar-refractivity contribution in [1.82, 2.24) is 0 Å². The van der Waals surface area contributed by atoms with Gasteiger partial charge in [0.2, 0.25) is 0 Å². The lowest BCUT2D eigenvalue weighted by molar-refractivity contribution is 0.0458. The number of hydrogen-bond acceptors (Lipinski definition) is 4. The summed E-state index contributed by atoms with van der Waals surface area (Å²) in [7, 11) is 0. The maximum absolute atomic E-state index is 5.71. The van der Waals surface area contributed by atoms with Crippen molar-refractivity contribution in [2.24, 2.45) is 11.5 Å². The van der Waals surface area contributed by atoms with Crippen molar-refractivity contribution >= 4 is 0 Å². The second-order valence-electron chi connectivity index (χ2n) is 2.87. The normalized spacial score (nSPS) is 11.9. The SMILES string of the molecule is CC#CCC(N)COCCOCCN. The molecule has 0 bridgehead atoms. The molecule has 0 saturated carbocycles. The maximum atomic E-state index is 5.71. The molecule has 4 heteroatoms. The first kappa shape index (κ1) is 13.4. The van der Waals surface area contributed by atoms with Gasteiger partial charge in [-0.3, -0.25) is 0 Å². The van der Waals surface area contributed by atoms with E-state index < -0.39 is 0 Å². The fourth-order valence-corrected chi connectivity index (χ4v) is 0.830. The van der Waals surface area contributed by atoms with Gasteiger partial charge in [0.15, 0.2) is 0 Å². The Balaban J connectivity index is 3.13. The molecule has 0 amide bonds. The van der Waals surface area contributed by atoms with Crippen LogP contribution in [0.4, 0.5) is 0 Å². The molecular formula is C10H20N2O2. The predicted molar refractivity (Wildman–Crippen MR) is 56.7 cm³/mol. The van der Waals surface area contributed by atoms with Crippen LogP contribution in [-0.2, 0) is 9.47 Å². The summed E-state index contributed by atoms with van der Waals surface area (Å²) >= 11 is 0. The number of rotatable bonds is 8. The van der Waals surface area contributed by atoms with Gasteiger partial charge in [0.1, 0.15) is 0 Å². The second-order valence-corrected chi connectivity index (χ2v) is 2.87. The smallest absolute Gasteiger partial charge is 0.0701 e. The zero-order valence-corrected chi connectivity index (χ0v) is 8.79. The minimum Gasteiger partial charge on any atom is -0.378 e. The Hall–Kier alpha value is -0.600. The molecule has 0 aliphatic rings. The van der Waals surface area contributed by atoms with E-state index in [0.29, 0.717) is 39.4 Å². The lowest BCUT2D eigenvalue weighted by atomic mass is 10.2. The van der Waals surface area contributed by atoms with E-state index in [1.54, 1.807) is 6.92 Å². The van der Waals surface area contributed by atoms with Crippen LogP contribution in [0.1, 0.15) is 13.3 Å². The van der Waals surface area contributed by atoms with Gasteiger partial charge in [-0.1, -0.05) is 0 Å². The van der Waals surface area contributed by atoms with Gasteiger partial charge in [-0.05, 0) is 6.92 Å². The molecular weight excluding hydrogens is 180 g/mol. The molecule has 0 radical (unpaired) electrons. The average molecular weight is 200 g/mol. The minimum absolute atomic E-state index is 0.00282. The first-order valence-electron chi connectivity index (χ1n) is 4.82. The van der Waals surface area contributed by atoms with Crippen molar-refractivity contribution in [2.75, 3.05) is 33.0 Å². The molecule has 0 aromatic heterocycles. The van der Waals surface area contributed by atoms with Crippen LogP contribution in [0.25, 0.3) is 0 Å². The Morgan fingerprint density at radius 2 is 1.93 bits per heavy atom. The van der Waals surface area contributed by atoms with Crippen molar-refractivity contribution in [2.45, 2.75) is 19.4 Å². The average Bonchev–Trinajstić information content (AvgIpc) is 2.20. The number of ether oxygens (including phenoxy) is 2. The van der Waals surface area contributed by atoms with E-state index in [9.17, 15) is 0 Å². The maximum Gasteiger partial charge on any atom is 0.0701 e. The summed E-state index contributed by atoms with van der Waals surface area (Å²) in [4.78, 5) is 0. The van der Waals surface area contributed by atoms with Gasteiger partial charge < -0.3 is 20.9 Å². The van der Waals surface area contributed by atoms with E-state index in [2.05, 4.69) is 11.8 Å². The summed E-state index contributed by atoms with van der Waals surface area (Å²) in [6, 6.07) is -0.00282. The number of hydrogen-bond donors (Lipinski definition) is 2. The highest BCUT2D eigenvalue weighted by Crippen LogP contribution is 1.88. The molecule has 1 atom stereocenters. The third kappa shape index (κ3) is 9.49. The van der Waals surface area contributed by atoms with Crippen LogP contribution in [-0.4, -0.2) is 39.0 Å². The van der Waals surface area contributed by atoms with Crippen LogP contribution >= 0.6 is 0 Å². The molecule has 1 unspecified atom stereocenters. The Morgan fingerprint density at radius 3 is 2.57 bits per heavy atom. The zero-order chi connectivity index (χ0) is 10.6. The Morgan fingerprint density at radius 1 is 1.21 bits per heavy atom. The lowest BCUT2D eigenvalue weighted by Crippen LogP contribution is -2.26. The van der Waals surface area contributed by atoms with E-state index in [0.717, 1.165) is 0 Å². The summed E-state index contributed by atoms with van der Waals surface area (Å²) in [6.07, 6.45) is 0.681. The first-order valence-corrected chi connectivity index (χ1v) is 4.82. The molecule has 0 aromatic carbocycles. The molecule has 0 aliphatic carbocycles. The topological polar surface area (TPSA) is 70.5 Å². The highest BCUT2D eigenvalue weighted by atomic mass is 16.5. The monoisotopic (exact) mass is 200 g/mol. The van der Waals surface area contributed by atoms with E-state index in [1.165, 1.54) is 0 Å². The van der Waals surface area contributed by atoms with Crippen molar-refractivity contribution in [3.8, 4) is 11.8 Å². The van der Waals surface area contributed by atoms with Crippen LogP contribution in [0.15, 0.2) is 0 Å². The van der Waals surface area contributed by atoms with Crippen molar-refractivity contribution in [1.29, 1.82) is 0 Å². The molecule has 0 heterocycles. The van der Waals surface area contributed by atoms with Gasteiger partial charge in [0.05, 0.1) is 26.4 Å². The van der Waals surface area contributed by atoms with Crippen LogP contribution in [0.5, 0.6) is 0 Å². The Kier molecular flexibility index (Phi) is 10.0. The summed E-state index contributed by atoms with van der Waals surface area (Å²) < 4.78 is 10.4. The molecule has 0 spiro atoms. The summed E-state index contributed by atoms with van der Waals surface area (Å²) in [5.41, 5.74) is 11.0. The Bertz CT molecular complexity index is 175. The first-order chi connectivity index (χ1) is 6.81. The van der Waals surface area contributed by atoms with Crippen LogP contribution < -0.4 is 11.5 Å². The lowest BCUT2D eigenvalue weighted by Gasteiger charge is -2.09.